The summed E-state index contributed by atoms with van der Waals surface area (Å²) in [5.74, 6) is 0.232. The molecular weight excluding hydrogens is 168 g/mol. The summed E-state index contributed by atoms with van der Waals surface area (Å²) in [6.45, 7) is 7.85. The van der Waals surface area contributed by atoms with Crippen molar-refractivity contribution in [3.8, 4) is 0 Å². The summed E-state index contributed by atoms with van der Waals surface area (Å²) < 4.78 is 5.44. The predicted octanol–water partition coefficient (Wildman–Crippen LogP) is 0.993. The van der Waals surface area contributed by atoms with Crippen molar-refractivity contribution in [1.82, 2.24) is 0 Å². The van der Waals surface area contributed by atoms with Crippen molar-refractivity contribution in [1.29, 1.82) is 0 Å². The third-order valence-electron chi connectivity index (χ3n) is 3.00. The van der Waals surface area contributed by atoms with Crippen LogP contribution in [0, 0.1) is 17.8 Å². The van der Waals surface area contributed by atoms with Gasteiger partial charge in [0.2, 0.25) is 0 Å². The van der Waals surface area contributed by atoms with Crippen LogP contribution >= 0.6 is 0 Å². The lowest BCUT2D eigenvalue weighted by Crippen LogP contribution is -2.50. The summed E-state index contributed by atoms with van der Waals surface area (Å²) in [4.78, 5) is 0. The Morgan fingerprint density at radius 2 is 1.62 bits per heavy atom. The molecule has 1 rings (SSSR count). The van der Waals surface area contributed by atoms with E-state index in [1.54, 1.807) is 0 Å². The Hall–Kier alpha value is -0.120. The second-order valence-corrected chi connectivity index (χ2v) is 4.44. The van der Waals surface area contributed by atoms with Gasteiger partial charge in [-0.2, -0.15) is 0 Å². The fourth-order valence-corrected chi connectivity index (χ4v) is 2.01. The topological polar surface area (TPSA) is 49.7 Å². The molecule has 1 aliphatic rings. The Morgan fingerprint density at radius 1 is 1.08 bits per heavy atom. The first kappa shape index (κ1) is 11.0. The molecule has 0 aromatic rings. The Morgan fingerprint density at radius 3 is 2.08 bits per heavy atom. The molecule has 0 radical (unpaired) electrons. The molecule has 1 heterocycles. The van der Waals surface area contributed by atoms with Gasteiger partial charge in [0.05, 0.1) is 12.2 Å². The van der Waals surface area contributed by atoms with Crippen LogP contribution in [0.4, 0.5) is 0 Å². The van der Waals surface area contributed by atoms with Crippen LogP contribution in [0.15, 0.2) is 0 Å². The van der Waals surface area contributed by atoms with Crippen LogP contribution < -0.4 is 0 Å². The molecule has 0 amide bonds. The van der Waals surface area contributed by atoms with Crippen molar-refractivity contribution in [2.75, 3.05) is 0 Å². The van der Waals surface area contributed by atoms with E-state index in [1.165, 1.54) is 0 Å². The average Bonchev–Trinajstić information content (AvgIpc) is 2.07. The van der Waals surface area contributed by atoms with Gasteiger partial charge in [-0.1, -0.05) is 27.7 Å². The van der Waals surface area contributed by atoms with Crippen LogP contribution in [0.2, 0.25) is 0 Å². The molecule has 1 saturated heterocycles. The van der Waals surface area contributed by atoms with Gasteiger partial charge in [0.25, 0.3) is 0 Å². The highest BCUT2D eigenvalue weighted by Gasteiger charge is 2.40. The standard InChI is InChI=1S/C10H20O3/c1-5(2)9-6(3)8(11)7(4)10(12)13-9/h5-12H,1-4H3/t6-,7-,8-,9+,10?/m0/s1. The van der Waals surface area contributed by atoms with E-state index >= 15 is 0 Å². The van der Waals surface area contributed by atoms with Gasteiger partial charge in [-0.05, 0) is 5.92 Å². The monoisotopic (exact) mass is 188 g/mol. The molecule has 1 unspecified atom stereocenters. The minimum absolute atomic E-state index is 0.0406. The van der Waals surface area contributed by atoms with Crippen LogP contribution in [-0.2, 0) is 4.74 Å². The lowest BCUT2D eigenvalue weighted by atomic mass is 9.82. The summed E-state index contributed by atoms with van der Waals surface area (Å²) in [7, 11) is 0. The highest BCUT2D eigenvalue weighted by Crippen LogP contribution is 2.32. The zero-order valence-electron chi connectivity index (χ0n) is 8.77. The maximum atomic E-state index is 9.80. The number of rotatable bonds is 1. The maximum absolute atomic E-state index is 9.80. The first-order valence-corrected chi connectivity index (χ1v) is 4.96. The Balaban J connectivity index is 2.70. The molecule has 0 aromatic heterocycles. The summed E-state index contributed by atoms with van der Waals surface area (Å²) in [6, 6.07) is 0. The number of hydrogen-bond donors (Lipinski definition) is 2. The second kappa shape index (κ2) is 3.95. The molecule has 3 nitrogen and oxygen atoms in total. The molecule has 0 aliphatic carbocycles. The van der Waals surface area contributed by atoms with Crippen molar-refractivity contribution >= 4 is 0 Å². The van der Waals surface area contributed by atoms with Gasteiger partial charge in [0, 0.05) is 11.8 Å². The normalized spacial score (nSPS) is 46.8. The van der Waals surface area contributed by atoms with E-state index in [4.69, 9.17) is 4.74 Å². The molecule has 78 valence electrons. The van der Waals surface area contributed by atoms with Gasteiger partial charge in [-0.15, -0.1) is 0 Å². The van der Waals surface area contributed by atoms with Gasteiger partial charge >= 0.3 is 0 Å². The molecule has 2 N–H and O–H groups in total. The van der Waals surface area contributed by atoms with Crippen molar-refractivity contribution in [2.45, 2.75) is 46.2 Å². The molecule has 0 spiro atoms. The molecule has 0 saturated carbocycles. The van der Waals surface area contributed by atoms with Gasteiger partial charge in [-0.25, -0.2) is 0 Å². The quantitative estimate of drug-likeness (QED) is 0.645. The van der Waals surface area contributed by atoms with Crippen LogP contribution in [0.25, 0.3) is 0 Å². The van der Waals surface area contributed by atoms with Gasteiger partial charge < -0.3 is 14.9 Å². The lowest BCUT2D eigenvalue weighted by molar-refractivity contribution is -0.250. The van der Waals surface area contributed by atoms with E-state index in [0.717, 1.165) is 0 Å². The zero-order valence-corrected chi connectivity index (χ0v) is 8.77. The van der Waals surface area contributed by atoms with Crippen LogP contribution in [0.5, 0.6) is 0 Å². The highest BCUT2D eigenvalue weighted by atomic mass is 16.6. The lowest BCUT2D eigenvalue weighted by Gasteiger charge is -2.42. The van der Waals surface area contributed by atoms with E-state index in [-0.39, 0.29) is 17.9 Å². The van der Waals surface area contributed by atoms with Gasteiger partial charge in [0.1, 0.15) is 0 Å². The Labute approximate surface area is 79.7 Å². The predicted molar refractivity (Wildman–Crippen MR) is 50.1 cm³/mol. The molecule has 13 heavy (non-hydrogen) atoms. The fourth-order valence-electron chi connectivity index (χ4n) is 2.01. The summed E-state index contributed by atoms with van der Waals surface area (Å²) >= 11 is 0. The summed E-state index contributed by atoms with van der Waals surface area (Å²) in [6.07, 6.45) is -1.32. The van der Waals surface area contributed by atoms with Crippen molar-refractivity contribution in [3.05, 3.63) is 0 Å². The van der Waals surface area contributed by atoms with Crippen LogP contribution in [0.1, 0.15) is 27.7 Å². The highest BCUT2D eigenvalue weighted by molar-refractivity contribution is 4.85. The molecule has 5 atom stereocenters. The number of aliphatic hydroxyl groups excluding tert-OH is 2. The SMILES string of the molecule is CC(C)[C@H]1OC(O)[C@@H](C)[C@@H](O)[C@@H]1C. The van der Waals surface area contributed by atoms with E-state index in [1.807, 2.05) is 27.7 Å². The first-order chi connectivity index (χ1) is 5.95. The van der Waals surface area contributed by atoms with Gasteiger partial charge in [-0.3, -0.25) is 0 Å². The number of hydrogen-bond acceptors (Lipinski definition) is 3. The Bertz CT molecular complexity index is 170. The minimum Gasteiger partial charge on any atom is -0.392 e. The molecule has 0 bridgehead atoms. The van der Waals surface area contributed by atoms with Crippen molar-refractivity contribution in [3.63, 3.8) is 0 Å². The summed E-state index contributed by atoms with van der Waals surface area (Å²) in [5.41, 5.74) is 0. The molecule has 1 fully saturated rings. The van der Waals surface area contributed by atoms with E-state index < -0.39 is 12.4 Å². The number of aliphatic hydroxyl groups is 2. The van der Waals surface area contributed by atoms with E-state index in [9.17, 15) is 10.2 Å². The third kappa shape index (κ3) is 2.03. The van der Waals surface area contributed by atoms with Crippen molar-refractivity contribution in [2.24, 2.45) is 17.8 Å². The van der Waals surface area contributed by atoms with Crippen LogP contribution in [0.3, 0.4) is 0 Å². The molecule has 0 aromatic carbocycles. The second-order valence-electron chi connectivity index (χ2n) is 4.44. The van der Waals surface area contributed by atoms with E-state index in [0.29, 0.717) is 5.92 Å². The molecule has 3 heteroatoms. The first-order valence-electron chi connectivity index (χ1n) is 4.96. The summed E-state index contributed by atoms with van der Waals surface area (Å²) in [5, 5.41) is 19.3. The third-order valence-corrected chi connectivity index (χ3v) is 3.00. The number of ether oxygens (including phenoxy) is 1. The molecular formula is C10H20O3. The van der Waals surface area contributed by atoms with Crippen molar-refractivity contribution < 1.29 is 14.9 Å². The van der Waals surface area contributed by atoms with Crippen LogP contribution in [-0.4, -0.2) is 28.7 Å². The fraction of sp³-hybridized carbons (Fsp3) is 1.00. The average molecular weight is 188 g/mol. The van der Waals surface area contributed by atoms with Gasteiger partial charge in [0.15, 0.2) is 6.29 Å². The zero-order chi connectivity index (χ0) is 10.2. The van der Waals surface area contributed by atoms with E-state index in [2.05, 4.69) is 0 Å². The smallest absolute Gasteiger partial charge is 0.159 e. The largest absolute Gasteiger partial charge is 0.392 e. The minimum atomic E-state index is -0.821. The molecule has 1 aliphatic heterocycles. The maximum Gasteiger partial charge on any atom is 0.159 e. The Kier molecular flexibility index (Phi) is 3.33.